The Balaban J connectivity index is 1.75. The fourth-order valence-corrected chi connectivity index (χ4v) is 3.38. The molecule has 15 heavy (non-hydrogen) atoms. The van der Waals surface area contributed by atoms with Crippen LogP contribution in [-0.4, -0.2) is 36.0 Å². The van der Waals surface area contributed by atoms with Crippen molar-refractivity contribution in [3.63, 3.8) is 0 Å². The van der Waals surface area contributed by atoms with Crippen LogP contribution in [0.15, 0.2) is 0 Å². The molecular formula is C12H20N2O. The molecule has 0 aromatic heterocycles. The summed E-state index contributed by atoms with van der Waals surface area (Å²) < 4.78 is 0. The minimum Gasteiger partial charge on any atom is -0.337 e. The number of piperazine rings is 1. The predicted octanol–water partition coefficient (Wildman–Crippen LogP) is 1.14. The van der Waals surface area contributed by atoms with E-state index in [4.69, 9.17) is 0 Å². The summed E-state index contributed by atoms with van der Waals surface area (Å²) in [7, 11) is 0. The number of nitrogens with one attached hydrogen (secondary N) is 1. The number of rotatable bonds is 1. The van der Waals surface area contributed by atoms with Crippen LogP contribution in [0.25, 0.3) is 0 Å². The molecule has 1 saturated carbocycles. The summed E-state index contributed by atoms with van der Waals surface area (Å²) in [5, 5.41) is 3.65. The van der Waals surface area contributed by atoms with Crippen LogP contribution in [-0.2, 0) is 4.79 Å². The molecular weight excluding hydrogens is 188 g/mol. The Morgan fingerprint density at radius 3 is 2.80 bits per heavy atom. The molecule has 3 nitrogen and oxygen atoms in total. The minimum absolute atomic E-state index is 0.400. The summed E-state index contributed by atoms with van der Waals surface area (Å²) in [6, 6.07) is 1.13. The molecule has 3 fully saturated rings. The maximum Gasteiger partial charge on any atom is 0.222 e. The topological polar surface area (TPSA) is 32.3 Å². The highest BCUT2D eigenvalue weighted by Gasteiger charge is 2.41. The van der Waals surface area contributed by atoms with Crippen molar-refractivity contribution in [3.05, 3.63) is 0 Å². The van der Waals surface area contributed by atoms with Crippen molar-refractivity contribution in [2.45, 2.75) is 50.6 Å². The number of hydrogen-bond donors (Lipinski definition) is 1. The molecule has 0 bridgehead atoms. The molecule has 0 aromatic carbocycles. The Morgan fingerprint density at radius 1 is 1.20 bits per heavy atom. The monoisotopic (exact) mass is 208 g/mol. The van der Waals surface area contributed by atoms with Gasteiger partial charge in [-0.2, -0.15) is 0 Å². The molecule has 2 heterocycles. The summed E-state index contributed by atoms with van der Waals surface area (Å²) in [6.45, 7) is 1.94. The van der Waals surface area contributed by atoms with Crippen LogP contribution in [0.5, 0.6) is 0 Å². The largest absolute Gasteiger partial charge is 0.337 e. The lowest BCUT2D eigenvalue weighted by molar-refractivity contribution is -0.139. The second kappa shape index (κ2) is 3.78. The number of carbonyl (C=O) groups excluding carboxylic acids is 1. The normalized spacial score (nSPS) is 37.3. The molecule has 1 aliphatic carbocycles. The average Bonchev–Trinajstić information content (AvgIpc) is 2.17. The number of amides is 1. The molecule has 2 saturated heterocycles. The van der Waals surface area contributed by atoms with Gasteiger partial charge in [0.05, 0.1) is 0 Å². The van der Waals surface area contributed by atoms with Crippen molar-refractivity contribution in [1.82, 2.24) is 10.2 Å². The van der Waals surface area contributed by atoms with Crippen LogP contribution in [0.3, 0.4) is 0 Å². The van der Waals surface area contributed by atoms with Gasteiger partial charge in [0, 0.05) is 31.6 Å². The predicted molar refractivity (Wildman–Crippen MR) is 58.5 cm³/mol. The summed E-state index contributed by atoms with van der Waals surface area (Å²) in [6.07, 6.45) is 7.24. The average molecular weight is 208 g/mol. The third kappa shape index (κ3) is 1.57. The fraction of sp³-hybridized carbons (Fsp3) is 0.917. The van der Waals surface area contributed by atoms with E-state index in [0.717, 1.165) is 31.8 Å². The number of piperidine rings is 1. The van der Waals surface area contributed by atoms with E-state index in [1.54, 1.807) is 0 Å². The van der Waals surface area contributed by atoms with E-state index in [2.05, 4.69) is 10.2 Å². The number of hydrogen-bond acceptors (Lipinski definition) is 2. The first-order valence-electron chi connectivity index (χ1n) is 6.39. The summed E-state index contributed by atoms with van der Waals surface area (Å²) in [4.78, 5) is 14.0. The van der Waals surface area contributed by atoms with E-state index in [1.165, 1.54) is 25.7 Å². The third-order valence-electron chi connectivity index (χ3n) is 4.42. The first-order chi connectivity index (χ1) is 7.36. The highest BCUT2D eigenvalue weighted by molar-refractivity contribution is 5.77. The van der Waals surface area contributed by atoms with Crippen LogP contribution < -0.4 is 5.32 Å². The van der Waals surface area contributed by atoms with Gasteiger partial charge in [-0.15, -0.1) is 0 Å². The maximum atomic E-state index is 11.8. The van der Waals surface area contributed by atoms with Gasteiger partial charge in [-0.05, 0) is 31.6 Å². The minimum atomic E-state index is 0.400. The molecule has 84 valence electrons. The van der Waals surface area contributed by atoms with E-state index in [-0.39, 0.29) is 0 Å². The van der Waals surface area contributed by atoms with Crippen LogP contribution in [0.2, 0.25) is 0 Å². The van der Waals surface area contributed by atoms with E-state index in [0.29, 0.717) is 18.0 Å². The lowest BCUT2D eigenvalue weighted by Crippen LogP contribution is -2.64. The number of nitrogens with zero attached hydrogens (tertiary/aromatic N) is 1. The summed E-state index contributed by atoms with van der Waals surface area (Å²) in [5.41, 5.74) is 0. The van der Waals surface area contributed by atoms with Crippen LogP contribution in [0.4, 0.5) is 0 Å². The molecule has 0 aromatic rings. The molecule has 1 N–H and O–H groups in total. The molecule has 2 aliphatic heterocycles. The second-order valence-electron chi connectivity index (χ2n) is 5.22. The van der Waals surface area contributed by atoms with Gasteiger partial charge in [-0.3, -0.25) is 4.79 Å². The third-order valence-corrected chi connectivity index (χ3v) is 4.42. The first kappa shape index (κ1) is 9.64. The highest BCUT2D eigenvalue weighted by atomic mass is 16.2. The molecule has 0 radical (unpaired) electrons. The SMILES string of the molecule is O=C1CCCC2C(C3CCC3)NCCN12. The molecule has 2 unspecified atom stereocenters. The Labute approximate surface area is 91.2 Å². The smallest absolute Gasteiger partial charge is 0.222 e. The van der Waals surface area contributed by atoms with Crippen LogP contribution in [0.1, 0.15) is 38.5 Å². The Bertz CT molecular complexity index is 262. The maximum absolute atomic E-state index is 11.8. The molecule has 0 spiro atoms. The van der Waals surface area contributed by atoms with Gasteiger partial charge in [0.1, 0.15) is 0 Å². The van der Waals surface area contributed by atoms with Crippen molar-refractivity contribution < 1.29 is 4.79 Å². The number of carbonyl (C=O) groups is 1. The quantitative estimate of drug-likeness (QED) is 0.701. The Morgan fingerprint density at radius 2 is 2.07 bits per heavy atom. The zero-order chi connectivity index (χ0) is 10.3. The van der Waals surface area contributed by atoms with E-state index >= 15 is 0 Å². The van der Waals surface area contributed by atoms with Crippen LogP contribution >= 0.6 is 0 Å². The lowest BCUT2D eigenvalue weighted by atomic mass is 9.74. The van der Waals surface area contributed by atoms with Crippen molar-refractivity contribution in [3.8, 4) is 0 Å². The van der Waals surface area contributed by atoms with Gasteiger partial charge >= 0.3 is 0 Å². The van der Waals surface area contributed by atoms with Crippen molar-refractivity contribution in [2.75, 3.05) is 13.1 Å². The van der Waals surface area contributed by atoms with E-state index in [1.807, 2.05) is 0 Å². The van der Waals surface area contributed by atoms with Gasteiger partial charge in [-0.25, -0.2) is 0 Å². The van der Waals surface area contributed by atoms with Gasteiger partial charge in [0.2, 0.25) is 5.91 Å². The van der Waals surface area contributed by atoms with Gasteiger partial charge in [-0.1, -0.05) is 6.42 Å². The molecule has 3 heteroatoms. The summed E-state index contributed by atoms with van der Waals surface area (Å²) in [5.74, 6) is 1.25. The van der Waals surface area contributed by atoms with Gasteiger partial charge in [0.25, 0.3) is 0 Å². The second-order valence-corrected chi connectivity index (χ2v) is 5.22. The van der Waals surface area contributed by atoms with E-state index < -0.39 is 0 Å². The van der Waals surface area contributed by atoms with Gasteiger partial charge in [0.15, 0.2) is 0 Å². The highest BCUT2D eigenvalue weighted by Crippen LogP contribution is 2.35. The number of fused-ring (bicyclic) bond motifs is 1. The summed E-state index contributed by atoms with van der Waals surface area (Å²) >= 11 is 0. The van der Waals surface area contributed by atoms with Crippen molar-refractivity contribution in [2.24, 2.45) is 5.92 Å². The Kier molecular flexibility index (Phi) is 2.43. The van der Waals surface area contributed by atoms with Crippen LogP contribution in [0, 0.1) is 5.92 Å². The lowest BCUT2D eigenvalue weighted by Gasteiger charge is -2.49. The molecule has 3 rings (SSSR count). The van der Waals surface area contributed by atoms with E-state index in [9.17, 15) is 4.79 Å². The van der Waals surface area contributed by atoms with Crippen molar-refractivity contribution in [1.29, 1.82) is 0 Å². The zero-order valence-electron chi connectivity index (χ0n) is 9.24. The molecule has 3 aliphatic rings. The fourth-order valence-electron chi connectivity index (χ4n) is 3.38. The standard InChI is InChI=1S/C12H20N2O/c15-11-6-2-5-10-12(9-3-1-4-9)13-7-8-14(10)11/h9-10,12-13H,1-8H2. The molecule has 1 amide bonds. The molecule has 2 atom stereocenters. The van der Waals surface area contributed by atoms with Gasteiger partial charge < -0.3 is 10.2 Å². The Hall–Kier alpha value is -0.570. The van der Waals surface area contributed by atoms with Crippen molar-refractivity contribution >= 4 is 5.91 Å². The zero-order valence-corrected chi connectivity index (χ0v) is 9.24. The first-order valence-corrected chi connectivity index (χ1v) is 6.39.